The Morgan fingerprint density at radius 1 is 1.00 bits per heavy atom. The fourth-order valence-corrected chi connectivity index (χ4v) is 3.89. The van der Waals surface area contributed by atoms with Crippen molar-refractivity contribution >= 4 is 29.4 Å². The van der Waals surface area contributed by atoms with Gasteiger partial charge in [0.25, 0.3) is 5.91 Å². The second kappa shape index (κ2) is 15.3. The molecule has 0 saturated carbocycles. The van der Waals surface area contributed by atoms with Gasteiger partial charge in [0.05, 0.1) is 24.8 Å². The van der Waals surface area contributed by atoms with Crippen LogP contribution in [0.1, 0.15) is 90.5 Å². The number of amides is 1. The molecule has 2 rings (SSSR count). The Balaban J connectivity index is 2.55. The first-order valence-electron chi connectivity index (χ1n) is 12.7. The van der Waals surface area contributed by atoms with Crippen molar-refractivity contribution in [3.05, 3.63) is 41.2 Å². The molecule has 0 N–H and O–H groups in total. The highest BCUT2D eigenvalue weighted by atomic mass is 35.5. The predicted molar refractivity (Wildman–Crippen MR) is 141 cm³/mol. The van der Waals surface area contributed by atoms with Gasteiger partial charge in [-0.05, 0) is 37.5 Å². The number of rotatable bonds is 15. The SMILES string of the molecule is CCCCOC(=O)c1cc(C(=O)OC)ccc1-c1nc(C(=O)N(CCCC)CCCC)cn1CCCl. The van der Waals surface area contributed by atoms with E-state index in [1.165, 1.54) is 13.2 Å². The highest BCUT2D eigenvalue weighted by molar-refractivity contribution is 6.17. The number of hydrogen-bond donors (Lipinski definition) is 0. The van der Waals surface area contributed by atoms with Crippen molar-refractivity contribution < 1.29 is 23.9 Å². The lowest BCUT2D eigenvalue weighted by molar-refractivity contribution is 0.0500. The summed E-state index contributed by atoms with van der Waals surface area (Å²) in [5, 5.41) is 0. The van der Waals surface area contributed by atoms with Crippen molar-refractivity contribution in [3.63, 3.8) is 0 Å². The largest absolute Gasteiger partial charge is 0.465 e. The maximum atomic E-state index is 13.4. The van der Waals surface area contributed by atoms with Crippen LogP contribution in [0.5, 0.6) is 0 Å². The highest BCUT2D eigenvalue weighted by Gasteiger charge is 2.25. The zero-order valence-electron chi connectivity index (χ0n) is 21.8. The van der Waals surface area contributed by atoms with E-state index in [-0.39, 0.29) is 23.6 Å². The molecule has 1 amide bonds. The summed E-state index contributed by atoms with van der Waals surface area (Å²) in [5.74, 6) is -0.562. The summed E-state index contributed by atoms with van der Waals surface area (Å²) in [6.07, 6.45) is 7.07. The molecule has 0 fully saturated rings. The Labute approximate surface area is 218 Å². The molecule has 36 heavy (non-hydrogen) atoms. The van der Waals surface area contributed by atoms with Crippen LogP contribution in [0, 0.1) is 0 Å². The highest BCUT2D eigenvalue weighted by Crippen LogP contribution is 2.27. The van der Waals surface area contributed by atoms with Crippen LogP contribution in [0.25, 0.3) is 11.4 Å². The molecule has 0 radical (unpaired) electrons. The van der Waals surface area contributed by atoms with Gasteiger partial charge in [-0.15, -0.1) is 11.6 Å². The fourth-order valence-electron chi connectivity index (χ4n) is 3.71. The van der Waals surface area contributed by atoms with Crippen LogP contribution in [-0.4, -0.2) is 65.0 Å². The smallest absolute Gasteiger partial charge is 0.338 e. The molecule has 1 aromatic heterocycles. The molecule has 2 aromatic rings. The Bertz CT molecular complexity index is 1010. The van der Waals surface area contributed by atoms with Gasteiger partial charge >= 0.3 is 11.9 Å². The minimum absolute atomic E-state index is 0.148. The van der Waals surface area contributed by atoms with Gasteiger partial charge in [0, 0.05) is 37.3 Å². The van der Waals surface area contributed by atoms with E-state index < -0.39 is 11.9 Å². The van der Waals surface area contributed by atoms with Crippen molar-refractivity contribution in [1.29, 1.82) is 0 Å². The lowest BCUT2D eigenvalue weighted by atomic mass is 10.0. The van der Waals surface area contributed by atoms with Crippen LogP contribution in [-0.2, 0) is 16.0 Å². The van der Waals surface area contributed by atoms with Gasteiger partial charge < -0.3 is 18.9 Å². The molecule has 8 nitrogen and oxygen atoms in total. The third-order valence-electron chi connectivity index (χ3n) is 5.80. The lowest BCUT2D eigenvalue weighted by Crippen LogP contribution is -2.33. The molecule has 9 heteroatoms. The maximum absolute atomic E-state index is 13.4. The molecule has 0 aliphatic carbocycles. The molecular formula is C27H38ClN3O5. The molecule has 0 bridgehead atoms. The number of unbranched alkanes of at least 4 members (excludes halogenated alkanes) is 3. The van der Waals surface area contributed by atoms with E-state index in [1.807, 2.05) is 11.8 Å². The molecule has 0 aliphatic heterocycles. The lowest BCUT2D eigenvalue weighted by Gasteiger charge is -2.21. The number of alkyl halides is 1. The molecule has 0 spiro atoms. The number of aryl methyl sites for hydroxylation is 1. The van der Waals surface area contributed by atoms with E-state index >= 15 is 0 Å². The summed E-state index contributed by atoms with van der Waals surface area (Å²) in [6.45, 7) is 8.17. The van der Waals surface area contributed by atoms with Gasteiger partial charge in [0.15, 0.2) is 0 Å². The van der Waals surface area contributed by atoms with E-state index in [2.05, 4.69) is 18.8 Å². The second-order valence-electron chi connectivity index (χ2n) is 8.57. The fraction of sp³-hybridized carbons (Fsp3) is 0.556. The van der Waals surface area contributed by atoms with E-state index in [1.54, 1.807) is 22.9 Å². The first-order chi connectivity index (χ1) is 17.4. The van der Waals surface area contributed by atoms with Crippen LogP contribution in [0.3, 0.4) is 0 Å². The summed E-state index contributed by atoms with van der Waals surface area (Å²) in [4.78, 5) is 45.1. The van der Waals surface area contributed by atoms with Gasteiger partial charge in [-0.3, -0.25) is 4.79 Å². The Morgan fingerprint density at radius 2 is 1.67 bits per heavy atom. The number of hydrogen-bond acceptors (Lipinski definition) is 6. The number of esters is 2. The number of imidazole rings is 1. The molecule has 198 valence electrons. The van der Waals surface area contributed by atoms with Gasteiger partial charge in [0.1, 0.15) is 11.5 Å². The summed E-state index contributed by atoms with van der Waals surface area (Å²) in [6, 6.07) is 4.65. The number of nitrogens with zero attached hydrogens (tertiary/aromatic N) is 3. The molecule has 1 heterocycles. The average Bonchev–Trinajstić information content (AvgIpc) is 3.31. The maximum Gasteiger partial charge on any atom is 0.338 e. The molecular weight excluding hydrogens is 482 g/mol. The number of carbonyl (C=O) groups is 3. The predicted octanol–water partition coefficient (Wildman–Crippen LogP) is 5.57. The number of aromatic nitrogens is 2. The van der Waals surface area contributed by atoms with Gasteiger partial charge in [0.2, 0.25) is 0 Å². The number of methoxy groups -OCH3 is 1. The Morgan fingerprint density at radius 3 is 2.25 bits per heavy atom. The van der Waals surface area contributed by atoms with Crippen LogP contribution in [0.15, 0.2) is 24.4 Å². The monoisotopic (exact) mass is 519 g/mol. The molecule has 0 saturated heterocycles. The number of halogens is 1. The van der Waals surface area contributed by atoms with Gasteiger partial charge in [-0.1, -0.05) is 40.0 Å². The van der Waals surface area contributed by atoms with Crippen LogP contribution in [0.2, 0.25) is 0 Å². The molecule has 0 atom stereocenters. The van der Waals surface area contributed by atoms with Gasteiger partial charge in [-0.2, -0.15) is 0 Å². The molecule has 0 unspecified atom stereocenters. The summed E-state index contributed by atoms with van der Waals surface area (Å²) >= 11 is 6.06. The zero-order valence-corrected chi connectivity index (χ0v) is 22.6. The summed E-state index contributed by atoms with van der Waals surface area (Å²) in [5.41, 5.74) is 1.16. The van der Waals surface area contributed by atoms with Crippen molar-refractivity contribution in [2.45, 2.75) is 65.8 Å². The topological polar surface area (TPSA) is 90.7 Å². The van der Waals surface area contributed by atoms with Crippen LogP contribution >= 0.6 is 11.6 Å². The van der Waals surface area contributed by atoms with Crippen LogP contribution in [0.4, 0.5) is 0 Å². The number of carbonyl (C=O) groups excluding carboxylic acids is 3. The van der Waals surface area contributed by atoms with Gasteiger partial charge in [-0.25, -0.2) is 14.6 Å². The van der Waals surface area contributed by atoms with E-state index in [9.17, 15) is 14.4 Å². The van der Waals surface area contributed by atoms with Crippen molar-refractivity contribution in [3.8, 4) is 11.4 Å². The Kier molecular flexibility index (Phi) is 12.5. The number of ether oxygens (including phenoxy) is 2. The average molecular weight is 520 g/mol. The van der Waals surface area contributed by atoms with Crippen molar-refractivity contribution in [2.24, 2.45) is 0 Å². The third-order valence-corrected chi connectivity index (χ3v) is 5.97. The quantitative estimate of drug-likeness (QED) is 0.173. The first-order valence-corrected chi connectivity index (χ1v) is 13.3. The van der Waals surface area contributed by atoms with Crippen LogP contribution < -0.4 is 0 Å². The number of benzene rings is 1. The van der Waals surface area contributed by atoms with E-state index in [0.717, 1.165) is 38.5 Å². The Hall–Kier alpha value is -2.87. The molecule has 0 aliphatic rings. The first kappa shape index (κ1) is 29.4. The normalized spacial score (nSPS) is 10.8. The standard InChI is InChI=1S/C27H38ClN3O5/c1-5-8-14-30(15-9-6-2)25(32)23-19-31(16-13-28)24(29-23)21-12-11-20(26(33)35-4)18-22(21)27(34)36-17-10-7-3/h11-12,18-19H,5-10,13-17H2,1-4H3. The van der Waals surface area contributed by atoms with Crippen molar-refractivity contribution in [1.82, 2.24) is 14.5 Å². The van der Waals surface area contributed by atoms with E-state index in [0.29, 0.717) is 42.6 Å². The second-order valence-corrected chi connectivity index (χ2v) is 8.95. The minimum Gasteiger partial charge on any atom is -0.465 e. The van der Waals surface area contributed by atoms with Crippen molar-refractivity contribution in [2.75, 3.05) is 32.7 Å². The zero-order chi connectivity index (χ0) is 26.5. The molecule has 1 aromatic carbocycles. The summed E-state index contributed by atoms with van der Waals surface area (Å²) in [7, 11) is 1.28. The summed E-state index contributed by atoms with van der Waals surface area (Å²) < 4.78 is 12.0. The van der Waals surface area contributed by atoms with E-state index in [4.69, 9.17) is 21.1 Å². The third kappa shape index (κ3) is 7.82. The minimum atomic E-state index is -0.565.